The summed E-state index contributed by atoms with van der Waals surface area (Å²) >= 11 is 4.87. The molecule has 0 unspecified atom stereocenters. The van der Waals surface area contributed by atoms with Crippen LogP contribution in [0.1, 0.15) is 28.8 Å². The van der Waals surface area contributed by atoms with Gasteiger partial charge in [0.25, 0.3) is 5.91 Å². The lowest BCUT2D eigenvalue weighted by Gasteiger charge is -2.16. The van der Waals surface area contributed by atoms with Crippen molar-refractivity contribution in [2.45, 2.75) is 12.8 Å². The van der Waals surface area contributed by atoms with E-state index >= 15 is 0 Å². The average molecular weight is 248 g/mol. The smallest absolute Gasteiger partial charge is 0.253 e. The fraction of sp³-hybridized carbons (Fsp3) is 0.385. The highest BCUT2D eigenvalue weighted by atomic mass is 32.1. The summed E-state index contributed by atoms with van der Waals surface area (Å²) in [6.07, 6.45) is 2.50. The van der Waals surface area contributed by atoms with E-state index in [-0.39, 0.29) is 5.91 Å². The normalized spacial score (nSPS) is 14.4. The Kier molecular flexibility index (Phi) is 3.43. The first-order valence-electron chi connectivity index (χ1n) is 5.73. The van der Waals surface area contributed by atoms with Crippen LogP contribution in [0.15, 0.2) is 24.3 Å². The van der Waals surface area contributed by atoms with E-state index in [0.29, 0.717) is 16.5 Å². The van der Waals surface area contributed by atoms with Gasteiger partial charge in [-0.25, -0.2) is 0 Å². The Hall–Kier alpha value is -1.42. The zero-order valence-electron chi connectivity index (χ0n) is 9.85. The highest BCUT2D eigenvalue weighted by Gasteiger charge is 2.25. The second kappa shape index (κ2) is 4.84. The largest absolute Gasteiger partial charge is 0.389 e. The van der Waals surface area contributed by atoms with Crippen molar-refractivity contribution in [3.8, 4) is 0 Å². The number of nitrogens with two attached hydrogens (primary N) is 1. The number of carbonyl (C=O) groups excluding carboxylic acids is 1. The van der Waals surface area contributed by atoms with Crippen molar-refractivity contribution in [1.82, 2.24) is 4.90 Å². The molecule has 0 radical (unpaired) electrons. The molecule has 3 nitrogen and oxygen atoms in total. The second-order valence-electron chi connectivity index (χ2n) is 4.57. The van der Waals surface area contributed by atoms with E-state index in [1.54, 1.807) is 29.2 Å². The summed E-state index contributed by atoms with van der Waals surface area (Å²) in [4.78, 5) is 14.2. The van der Waals surface area contributed by atoms with Crippen LogP contribution in [0.4, 0.5) is 0 Å². The maximum atomic E-state index is 12.1. The number of rotatable bonds is 4. The van der Waals surface area contributed by atoms with Crippen LogP contribution >= 0.6 is 12.2 Å². The van der Waals surface area contributed by atoms with Crippen LogP contribution in [0.3, 0.4) is 0 Å². The van der Waals surface area contributed by atoms with Gasteiger partial charge in [-0.05, 0) is 30.9 Å². The van der Waals surface area contributed by atoms with Gasteiger partial charge in [-0.15, -0.1) is 0 Å². The van der Waals surface area contributed by atoms with Crippen LogP contribution in [-0.4, -0.2) is 29.4 Å². The van der Waals surface area contributed by atoms with E-state index in [4.69, 9.17) is 18.0 Å². The molecule has 1 aliphatic rings. The lowest BCUT2D eigenvalue weighted by atomic mass is 10.1. The Labute approximate surface area is 107 Å². The van der Waals surface area contributed by atoms with Crippen molar-refractivity contribution in [3.63, 3.8) is 0 Å². The Morgan fingerprint density at radius 2 is 1.88 bits per heavy atom. The van der Waals surface area contributed by atoms with Gasteiger partial charge in [0.2, 0.25) is 0 Å². The molecular formula is C13H16N2OS. The minimum atomic E-state index is 0.0615. The molecule has 0 atom stereocenters. The molecule has 1 fully saturated rings. The van der Waals surface area contributed by atoms with E-state index in [1.807, 2.05) is 7.05 Å². The van der Waals surface area contributed by atoms with Gasteiger partial charge in [-0.3, -0.25) is 4.79 Å². The van der Waals surface area contributed by atoms with Gasteiger partial charge < -0.3 is 10.6 Å². The zero-order chi connectivity index (χ0) is 12.4. The van der Waals surface area contributed by atoms with Crippen molar-refractivity contribution >= 4 is 23.1 Å². The molecule has 1 saturated carbocycles. The Bertz CT molecular complexity index is 437. The summed E-state index contributed by atoms with van der Waals surface area (Å²) in [6.45, 7) is 0.857. The van der Waals surface area contributed by atoms with Gasteiger partial charge in [0, 0.05) is 24.7 Å². The summed E-state index contributed by atoms with van der Waals surface area (Å²) in [7, 11) is 1.85. The summed E-state index contributed by atoms with van der Waals surface area (Å²) in [5.41, 5.74) is 6.99. The highest BCUT2D eigenvalue weighted by Crippen LogP contribution is 2.29. The molecule has 1 aliphatic carbocycles. The number of thiocarbonyl (C=S) groups is 1. The molecule has 90 valence electrons. The van der Waals surface area contributed by atoms with Crippen LogP contribution in [0.2, 0.25) is 0 Å². The molecule has 0 spiro atoms. The Morgan fingerprint density at radius 1 is 1.35 bits per heavy atom. The molecule has 1 aromatic rings. The molecule has 2 N–H and O–H groups in total. The van der Waals surface area contributed by atoms with Crippen LogP contribution in [-0.2, 0) is 0 Å². The minimum Gasteiger partial charge on any atom is -0.389 e. The summed E-state index contributed by atoms with van der Waals surface area (Å²) in [6, 6.07) is 7.14. The predicted octanol–water partition coefficient (Wildman–Crippen LogP) is 1.80. The molecule has 0 heterocycles. The lowest BCUT2D eigenvalue weighted by Crippen LogP contribution is -2.28. The van der Waals surface area contributed by atoms with E-state index in [1.165, 1.54) is 12.8 Å². The van der Waals surface area contributed by atoms with Crippen molar-refractivity contribution < 1.29 is 4.79 Å². The third kappa shape index (κ3) is 3.03. The first-order valence-corrected chi connectivity index (χ1v) is 6.14. The minimum absolute atomic E-state index is 0.0615. The zero-order valence-corrected chi connectivity index (χ0v) is 10.7. The van der Waals surface area contributed by atoms with Gasteiger partial charge in [0.1, 0.15) is 4.99 Å². The Morgan fingerprint density at radius 3 is 2.35 bits per heavy atom. The van der Waals surface area contributed by atoms with Gasteiger partial charge >= 0.3 is 0 Å². The number of carbonyl (C=O) groups is 1. The third-order valence-corrected chi connectivity index (χ3v) is 3.23. The maximum Gasteiger partial charge on any atom is 0.253 e. The van der Waals surface area contributed by atoms with Crippen molar-refractivity contribution in [1.29, 1.82) is 0 Å². The predicted molar refractivity (Wildman–Crippen MR) is 72.0 cm³/mol. The summed E-state index contributed by atoms with van der Waals surface area (Å²) < 4.78 is 0. The molecule has 4 heteroatoms. The fourth-order valence-corrected chi connectivity index (χ4v) is 1.90. The van der Waals surface area contributed by atoms with Crippen LogP contribution in [0, 0.1) is 5.92 Å². The van der Waals surface area contributed by atoms with Gasteiger partial charge in [-0.1, -0.05) is 24.4 Å². The average Bonchev–Trinajstić information content (AvgIpc) is 3.12. The molecule has 0 aromatic heterocycles. The van der Waals surface area contributed by atoms with Gasteiger partial charge in [0.05, 0.1) is 0 Å². The molecular weight excluding hydrogens is 232 g/mol. The molecule has 0 aliphatic heterocycles. The van der Waals surface area contributed by atoms with Crippen LogP contribution in [0.5, 0.6) is 0 Å². The maximum absolute atomic E-state index is 12.1. The van der Waals surface area contributed by atoms with Gasteiger partial charge in [-0.2, -0.15) is 0 Å². The second-order valence-corrected chi connectivity index (χ2v) is 5.01. The lowest BCUT2D eigenvalue weighted by molar-refractivity contribution is 0.0788. The highest BCUT2D eigenvalue weighted by molar-refractivity contribution is 7.80. The number of hydrogen-bond donors (Lipinski definition) is 1. The molecule has 0 saturated heterocycles. The van der Waals surface area contributed by atoms with E-state index in [0.717, 1.165) is 12.1 Å². The number of nitrogens with zero attached hydrogens (tertiary/aromatic N) is 1. The van der Waals surface area contributed by atoms with Crippen molar-refractivity contribution in [3.05, 3.63) is 35.4 Å². The standard InChI is InChI=1S/C13H16N2OS/c1-15(8-9-2-3-9)13(16)11-6-4-10(5-7-11)12(14)17/h4-7,9H,2-3,8H2,1H3,(H2,14,17). The monoisotopic (exact) mass is 248 g/mol. The van der Waals surface area contributed by atoms with E-state index < -0.39 is 0 Å². The quantitative estimate of drug-likeness (QED) is 0.827. The number of amides is 1. The number of hydrogen-bond acceptors (Lipinski definition) is 2. The first-order chi connectivity index (χ1) is 8.08. The molecule has 17 heavy (non-hydrogen) atoms. The SMILES string of the molecule is CN(CC1CC1)C(=O)c1ccc(C(N)=S)cc1. The molecule has 2 rings (SSSR count). The fourth-order valence-electron chi connectivity index (χ4n) is 1.77. The third-order valence-electron chi connectivity index (χ3n) is 2.99. The van der Waals surface area contributed by atoms with Gasteiger partial charge in [0.15, 0.2) is 0 Å². The van der Waals surface area contributed by atoms with Crippen molar-refractivity contribution in [2.24, 2.45) is 11.7 Å². The van der Waals surface area contributed by atoms with E-state index in [9.17, 15) is 4.79 Å². The summed E-state index contributed by atoms with van der Waals surface area (Å²) in [5, 5.41) is 0. The number of benzene rings is 1. The van der Waals surface area contributed by atoms with Crippen LogP contribution < -0.4 is 5.73 Å². The molecule has 1 amide bonds. The Balaban J connectivity index is 2.05. The molecule has 0 bridgehead atoms. The van der Waals surface area contributed by atoms with E-state index in [2.05, 4.69) is 0 Å². The molecule has 1 aromatic carbocycles. The first kappa shape index (κ1) is 12.0. The van der Waals surface area contributed by atoms with Crippen molar-refractivity contribution in [2.75, 3.05) is 13.6 Å². The summed E-state index contributed by atoms with van der Waals surface area (Å²) in [5.74, 6) is 0.770. The topological polar surface area (TPSA) is 46.3 Å². The van der Waals surface area contributed by atoms with Crippen LogP contribution in [0.25, 0.3) is 0 Å².